The largest absolute Gasteiger partial charge is 0.352 e. The van der Waals surface area contributed by atoms with Crippen molar-refractivity contribution in [3.05, 3.63) is 64.1 Å². The second kappa shape index (κ2) is 13.5. The summed E-state index contributed by atoms with van der Waals surface area (Å²) in [6, 6.07) is 13.3. The van der Waals surface area contributed by atoms with Crippen LogP contribution in [-0.2, 0) is 26.2 Å². The van der Waals surface area contributed by atoms with Crippen molar-refractivity contribution >= 4 is 50.7 Å². The van der Waals surface area contributed by atoms with E-state index in [4.69, 9.17) is 23.2 Å². The van der Waals surface area contributed by atoms with Gasteiger partial charge < -0.3 is 10.2 Å². The minimum Gasteiger partial charge on any atom is -0.352 e. The zero-order valence-electron chi connectivity index (χ0n) is 21.3. The van der Waals surface area contributed by atoms with Gasteiger partial charge in [-0.15, -0.1) is 0 Å². The second-order valence-electron chi connectivity index (χ2n) is 9.56. The van der Waals surface area contributed by atoms with Gasteiger partial charge in [0.15, 0.2) is 0 Å². The maximum absolute atomic E-state index is 13.4. The first kappa shape index (κ1) is 29.3. The number of sulfonamides is 1. The molecule has 202 valence electrons. The summed E-state index contributed by atoms with van der Waals surface area (Å²) >= 11 is 12.2. The van der Waals surface area contributed by atoms with Gasteiger partial charge in [0.2, 0.25) is 21.8 Å². The maximum atomic E-state index is 13.4. The number of amides is 2. The van der Waals surface area contributed by atoms with Gasteiger partial charge in [0.25, 0.3) is 0 Å². The molecule has 0 saturated heterocycles. The van der Waals surface area contributed by atoms with Crippen molar-refractivity contribution in [1.82, 2.24) is 10.2 Å². The van der Waals surface area contributed by atoms with Crippen LogP contribution in [0.3, 0.4) is 0 Å². The van der Waals surface area contributed by atoms with Crippen molar-refractivity contribution in [2.24, 2.45) is 0 Å². The molecule has 2 amide bonds. The lowest BCUT2D eigenvalue weighted by atomic mass is 9.95. The van der Waals surface area contributed by atoms with E-state index in [0.717, 1.165) is 37.5 Å². The van der Waals surface area contributed by atoms with Crippen molar-refractivity contribution < 1.29 is 18.0 Å². The Kier molecular flexibility index (Phi) is 10.7. The summed E-state index contributed by atoms with van der Waals surface area (Å²) in [4.78, 5) is 28.1. The van der Waals surface area contributed by atoms with Crippen LogP contribution in [0.4, 0.5) is 5.69 Å². The predicted octanol–water partition coefficient (Wildman–Crippen LogP) is 5.41. The van der Waals surface area contributed by atoms with E-state index in [1.807, 2.05) is 6.07 Å². The third-order valence-electron chi connectivity index (χ3n) is 6.65. The van der Waals surface area contributed by atoms with Crippen LogP contribution in [0.1, 0.15) is 57.4 Å². The van der Waals surface area contributed by atoms with E-state index in [1.54, 1.807) is 49.4 Å². The van der Waals surface area contributed by atoms with Crippen LogP contribution in [0.5, 0.6) is 0 Å². The summed E-state index contributed by atoms with van der Waals surface area (Å²) in [5.74, 6) is -0.429. The van der Waals surface area contributed by atoms with Crippen molar-refractivity contribution in [3.8, 4) is 0 Å². The Labute approximate surface area is 230 Å². The number of hydrogen-bond acceptors (Lipinski definition) is 4. The first-order valence-electron chi connectivity index (χ1n) is 12.6. The summed E-state index contributed by atoms with van der Waals surface area (Å²) in [5, 5.41) is 3.89. The molecule has 1 N–H and O–H groups in total. The zero-order valence-corrected chi connectivity index (χ0v) is 23.7. The molecule has 1 saturated carbocycles. The van der Waals surface area contributed by atoms with Crippen molar-refractivity contribution in [2.45, 2.75) is 70.5 Å². The quantitative estimate of drug-likeness (QED) is 0.393. The highest BCUT2D eigenvalue weighted by Gasteiger charge is 2.28. The highest BCUT2D eigenvalue weighted by Crippen LogP contribution is 2.25. The topological polar surface area (TPSA) is 86.8 Å². The number of hydrogen-bond donors (Lipinski definition) is 1. The monoisotopic (exact) mass is 567 g/mol. The van der Waals surface area contributed by atoms with Gasteiger partial charge in [-0.1, -0.05) is 66.7 Å². The molecule has 10 heteroatoms. The van der Waals surface area contributed by atoms with Crippen LogP contribution in [0.2, 0.25) is 10.0 Å². The smallest absolute Gasteiger partial charge is 0.242 e. The molecule has 3 rings (SSSR count). The van der Waals surface area contributed by atoms with Gasteiger partial charge >= 0.3 is 0 Å². The predicted molar refractivity (Wildman–Crippen MR) is 149 cm³/mol. The van der Waals surface area contributed by atoms with Gasteiger partial charge in [-0.25, -0.2) is 8.42 Å². The van der Waals surface area contributed by atoms with Gasteiger partial charge in [-0.3, -0.25) is 13.9 Å². The average Bonchev–Trinajstić information content (AvgIpc) is 2.87. The number of halogens is 2. The fraction of sp³-hybridized carbons (Fsp3) is 0.481. The number of nitrogens with zero attached hydrogens (tertiary/aromatic N) is 2. The van der Waals surface area contributed by atoms with E-state index in [0.29, 0.717) is 22.2 Å². The zero-order chi connectivity index (χ0) is 27.0. The number of carbonyl (C=O) groups excluding carboxylic acids is 2. The molecule has 0 radical (unpaired) electrons. The highest BCUT2D eigenvalue weighted by molar-refractivity contribution is 7.92. The number of benzene rings is 2. The molecule has 0 bridgehead atoms. The van der Waals surface area contributed by atoms with Crippen LogP contribution in [0.25, 0.3) is 0 Å². The van der Waals surface area contributed by atoms with Crippen molar-refractivity contribution in [3.63, 3.8) is 0 Å². The fourth-order valence-electron chi connectivity index (χ4n) is 4.58. The molecule has 1 fully saturated rings. The van der Waals surface area contributed by atoms with E-state index in [1.165, 1.54) is 15.6 Å². The molecule has 0 aromatic heterocycles. The molecule has 2 aromatic carbocycles. The molecular weight excluding hydrogens is 533 g/mol. The Morgan fingerprint density at radius 1 is 1.03 bits per heavy atom. The number of nitrogens with one attached hydrogen (secondary N) is 1. The molecule has 0 spiro atoms. The van der Waals surface area contributed by atoms with Gasteiger partial charge in [0.05, 0.1) is 22.0 Å². The molecule has 1 unspecified atom stereocenters. The molecule has 2 aromatic rings. The number of anilines is 1. The highest BCUT2D eigenvalue weighted by atomic mass is 35.5. The summed E-state index contributed by atoms with van der Waals surface area (Å²) in [7, 11) is -3.52. The standard InChI is InChI=1S/C27H35Cl2N3O4S/c1-20(27(34)30-22-10-5-3-6-11-22)31(19-21-15-16-24(28)25(29)18-21)26(33)14-9-17-32(37(2,35)36)23-12-7-4-8-13-23/h4,7-8,12-13,15-16,18,20,22H,3,5-6,9-11,14,17,19H2,1-2H3,(H,30,34). The van der Waals surface area contributed by atoms with Crippen LogP contribution in [0, 0.1) is 0 Å². The van der Waals surface area contributed by atoms with E-state index >= 15 is 0 Å². The SMILES string of the molecule is CC(C(=O)NC1CCCCC1)N(Cc1ccc(Cl)c(Cl)c1)C(=O)CCCN(c1ccccc1)S(C)(=O)=O. The van der Waals surface area contributed by atoms with Crippen LogP contribution in [-0.4, -0.2) is 50.0 Å². The number of para-hydroxylation sites is 1. The molecular formula is C27H35Cl2N3O4S. The molecule has 0 aliphatic heterocycles. The van der Waals surface area contributed by atoms with Gasteiger partial charge in [0.1, 0.15) is 6.04 Å². The normalized spacial score (nSPS) is 15.1. The Hall–Kier alpha value is -2.29. The summed E-state index contributed by atoms with van der Waals surface area (Å²) in [6.45, 7) is 2.06. The second-order valence-corrected chi connectivity index (χ2v) is 12.3. The Morgan fingerprint density at radius 3 is 2.32 bits per heavy atom. The van der Waals surface area contributed by atoms with Crippen molar-refractivity contribution in [1.29, 1.82) is 0 Å². The van der Waals surface area contributed by atoms with Gasteiger partial charge in [-0.05, 0) is 56.0 Å². The Morgan fingerprint density at radius 2 is 1.70 bits per heavy atom. The van der Waals surface area contributed by atoms with Crippen LogP contribution >= 0.6 is 23.2 Å². The van der Waals surface area contributed by atoms with Crippen LogP contribution in [0.15, 0.2) is 48.5 Å². The third kappa shape index (κ3) is 8.62. The van der Waals surface area contributed by atoms with Crippen LogP contribution < -0.4 is 9.62 Å². The van der Waals surface area contributed by atoms with E-state index < -0.39 is 16.1 Å². The first-order chi connectivity index (χ1) is 17.6. The molecule has 1 aliphatic rings. The minimum absolute atomic E-state index is 0.0845. The lowest BCUT2D eigenvalue weighted by molar-refractivity contribution is -0.141. The van der Waals surface area contributed by atoms with E-state index in [2.05, 4.69) is 5.32 Å². The lowest BCUT2D eigenvalue weighted by Gasteiger charge is -2.31. The minimum atomic E-state index is -3.52. The first-order valence-corrected chi connectivity index (χ1v) is 15.2. The lowest BCUT2D eigenvalue weighted by Crippen LogP contribution is -2.50. The molecule has 7 nitrogen and oxygen atoms in total. The number of carbonyl (C=O) groups is 2. The van der Waals surface area contributed by atoms with E-state index in [-0.39, 0.29) is 37.4 Å². The maximum Gasteiger partial charge on any atom is 0.242 e. The summed E-state index contributed by atoms with van der Waals surface area (Å²) in [6.07, 6.45) is 6.78. The van der Waals surface area contributed by atoms with Gasteiger partial charge in [0, 0.05) is 25.6 Å². The average molecular weight is 569 g/mol. The van der Waals surface area contributed by atoms with E-state index in [9.17, 15) is 18.0 Å². The molecule has 0 heterocycles. The number of rotatable bonds is 11. The molecule has 1 atom stereocenters. The Balaban J connectivity index is 1.72. The summed E-state index contributed by atoms with van der Waals surface area (Å²) in [5.41, 5.74) is 1.30. The fourth-order valence-corrected chi connectivity index (χ4v) is 5.87. The molecule has 1 aliphatic carbocycles. The Bertz CT molecular complexity index is 1170. The summed E-state index contributed by atoms with van der Waals surface area (Å²) < 4.78 is 26.1. The third-order valence-corrected chi connectivity index (χ3v) is 8.59. The molecule has 37 heavy (non-hydrogen) atoms. The van der Waals surface area contributed by atoms with Crippen molar-refractivity contribution in [2.75, 3.05) is 17.1 Å². The van der Waals surface area contributed by atoms with Gasteiger partial charge in [-0.2, -0.15) is 0 Å².